The fourth-order valence-electron chi connectivity index (χ4n) is 10.4. The van der Waals surface area contributed by atoms with Crippen molar-refractivity contribution in [1.29, 1.82) is 0 Å². The van der Waals surface area contributed by atoms with E-state index in [4.69, 9.17) is 0 Å². The van der Waals surface area contributed by atoms with Crippen LogP contribution in [0.3, 0.4) is 0 Å². The fraction of sp³-hybridized carbons (Fsp3) is 0.953. The molecule has 0 spiro atoms. The molecular weight excluding hydrogens is 847 g/mol. The summed E-state index contributed by atoms with van der Waals surface area (Å²) < 4.78 is 0. The SMILES string of the molecule is CCCCCCCCCCCCCC/C=C\CCCCCCCCCCCCCCCCCCC(O)C(=O)NC(CO)C(O)CCCCCCCCCCCCCCCCCCCCCCCCC. The van der Waals surface area contributed by atoms with Crippen molar-refractivity contribution in [2.75, 3.05) is 6.61 Å². The Kier molecular flexibility index (Phi) is 58.9. The summed E-state index contributed by atoms with van der Waals surface area (Å²) in [6.45, 7) is 4.28. The first-order chi connectivity index (χ1) is 34.1. The van der Waals surface area contributed by atoms with Crippen molar-refractivity contribution in [3.63, 3.8) is 0 Å². The number of allylic oxidation sites excluding steroid dienone is 2. The second-order valence-electron chi connectivity index (χ2n) is 22.3. The molecule has 412 valence electrons. The molecule has 3 atom stereocenters. The van der Waals surface area contributed by atoms with Gasteiger partial charge in [-0.2, -0.15) is 0 Å². The van der Waals surface area contributed by atoms with Crippen LogP contribution < -0.4 is 5.32 Å². The second-order valence-corrected chi connectivity index (χ2v) is 22.3. The molecule has 5 heteroatoms. The lowest BCUT2D eigenvalue weighted by Gasteiger charge is -2.23. The van der Waals surface area contributed by atoms with Crippen LogP contribution in [0, 0.1) is 0 Å². The zero-order valence-corrected chi connectivity index (χ0v) is 47.2. The molecule has 69 heavy (non-hydrogen) atoms. The summed E-state index contributed by atoms with van der Waals surface area (Å²) in [5.74, 6) is -0.462. The average molecular weight is 975 g/mol. The van der Waals surface area contributed by atoms with E-state index in [9.17, 15) is 20.1 Å². The molecule has 3 unspecified atom stereocenters. The fourth-order valence-corrected chi connectivity index (χ4v) is 10.4. The van der Waals surface area contributed by atoms with Crippen molar-refractivity contribution in [3.05, 3.63) is 12.2 Å². The molecular formula is C64H127NO4. The number of hydrogen-bond acceptors (Lipinski definition) is 4. The van der Waals surface area contributed by atoms with Gasteiger partial charge >= 0.3 is 0 Å². The molecule has 0 aliphatic carbocycles. The van der Waals surface area contributed by atoms with Gasteiger partial charge < -0.3 is 20.6 Å². The summed E-state index contributed by atoms with van der Waals surface area (Å²) in [4.78, 5) is 12.6. The van der Waals surface area contributed by atoms with Gasteiger partial charge in [0, 0.05) is 0 Å². The maximum Gasteiger partial charge on any atom is 0.249 e. The minimum atomic E-state index is -1.07. The first-order valence-corrected chi connectivity index (χ1v) is 32.0. The van der Waals surface area contributed by atoms with Gasteiger partial charge in [0.15, 0.2) is 0 Å². The van der Waals surface area contributed by atoms with Crippen LogP contribution in [0.4, 0.5) is 0 Å². The van der Waals surface area contributed by atoms with Crippen LogP contribution in [0.25, 0.3) is 0 Å². The zero-order valence-electron chi connectivity index (χ0n) is 47.2. The number of nitrogens with one attached hydrogen (secondary N) is 1. The predicted molar refractivity (Wildman–Crippen MR) is 305 cm³/mol. The van der Waals surface area contributed by atoms with Crippen LogP contribution in [0.15, 0.2) is 12.2 Å². The van der Waals surface area contributed by atoms with Crippen molar-refractivity contribution in [1.82, 2.24) is 5.32 Å². The Morgan fingerprint density at radius 1 is 0.333 bits per heavy atom. The monoisotopic (exact) mass is 974 g/mol. The van der Waals surface area contributed by atoms with E-state index in [1.165, 1.54) is 308 Å². The number of aliphatic hydroxyl groups excluding tert-OH is 3. The molecule has 0 aliphatic rings. The van der Waals surface area contributed by atoms with Gasteiger partial charge in [0.25, 0.3) is 0 Å². The molecule has 0 aliphatic heterocycles. The second kappa shape index (κ2) is 59.7. The van der Waals surface area contributed by atoms with Gasteiger partial charge in [-0.05, 0) is 38.5 Å². The third-order valence-electron chi connectivity index (χ3n) is 15.4. The van der Waals surface area contributed by atoms with Gasteiger partial charge in [0.05, 0.1) is 18.8 Å². The van der Waals surface area contributed by atoms with Crippen molar-refractivity contribution in [2.24, 2.45) is 0 Å². The van der Waals surface area contributed by atoms with E-state index >= 15 is 0 Å². The van der Waals surface area contributed by atoms with Crippen molar-refractivity contribution in [2.45, 2.75) is 385 Å². The standard InChI is InChI=1S/C64H127NO4/c1-3-5-7-9-11-13-15-17-19-21-23-25-27-28-29-30-31-32-33-34-35-37-39-41-43-45-47-49-51-53-55-57-59-63(68)64(69)65-61(60-66)62(67)58-56-54-52-50-48-46-44-42-40-38-36-26-24-22-20-18-16-14-12-10-8-6-4-2/h28-29,61-63,66-68H,3-27,30-60H2,1-2H3,(H,65,69)/b29-28-. The number of aliphatic hydroxyl groups is 3. The van der Waals surface area contributed by atoms with E-state index in [1.54, 1.807) is 0 Å². The van der Waals surface area contributed by atoms with E-state index < -0.39 is 24.2 Å². The highest BCUT2D eigenvalue weighted by molar-refractivity contribution is 5.80. The van der Waals surface area contributed by atoms with Crippen molar-refractivity contribution in [3.8, 4) is 0 Å². The molecule has 0 rings (SSSR count). The Morgan fingerprint density at radius 2 is 0.551 bits per heavy atom. The molecule has 0 radical (unpaired) electrons. The van der Waals surface area contributed by atoms with Crippen LogP contribution >= 0.6 is 0 Å². The summed E-state index contributed by atoms with van der Waals surface area (Å²) in [6.07, 6.45) is 75.8. The highest BCUT2D eigenvalue weighted by Crippen LogP contribution is 2.19. The first kappa shape index (κ1) is 68.1. The number of carbonyl (C=O) groups is 1. The third-order valence-corrected chi connectivity index (χ3v) is 15.4. The number of carbonyl (C=O) groups excluding carboxylic acids is 1. The maximum absolute atomic E-state index is 12.6. The molecule has 5 nitrogen and oxygen atoms in total. The lowest BCUT2D eigenvalue weighted by molar-refractivity contribution is -0.131. The largest absolute Gasteiger partial charge is 0.394 e. The minimum Gasteiger partial charge on any atom is -0.394 e. The topological polar surface area (TPSA) is 89.8 Å². The summed E-state index contributed by atoms with van der Waals surface area (Å²) in [5.41, 5.74) is 0. The summed E-state index contributed by atoms with van der Waals surface area (Å²) >= 11 is 0. The predicted octanol–water partition coefficient (Wildman–Crippen LogP) is 20.2. The third kappa shape index (κ3) is 54.7. The smallest absolute Gasteiger partial charge is 0.249 e. The minimum absolute atomic E-state index is 0.309. The van der Waals surface area contributed by atoms with E-state index in [0.29, 0.717) is 12.8 Å². The summed E-state index contributed by atoms with van der Waals surface area (Å²) in [5, 5.41) is 33.7. The van der Waals surface area contributed by atoms with E-state index in [1.807, 2.05) is 0 Å². The normalized spacial score (nSPS) is 13.2. The van der Waals surface area contributed by atoms with Crippen LogP contribution in [0.1, 0.15) is 367 Å². The average Bonchev–Trinajstić information content (AvgIpc) is 3.35. The van der Waals surface area contributed by atoms with Gasteiger partial charge in [-0.1, -0.05) is 341 Å². The number of rotatable bonds is 60. The van der Waals surface area contributed by atoms with Gasteiger partial charge in [-0.3, -0.25) is 4.79 Å². The summed E-state index contributed by atoms with van der Waals surface area (Å²) in [6, 6.07) is -0.710. The van der Waals surface area contributed by atoms with Crippen molar-refractivity contribution < 1.29 is 20.1 Å². The molecule has 0 bridgehead atoms. The Balaban J connectivity index is 3.47. The number of unbranched alkanes of at least 4 members (excludes halogenated alkanes) is 50. The van der Waals surface area contributed by atoms with Gasteiger partial charge in [0.2, 0.25) is 5.91 Å². The Labute approximate surface area is 433 Å². The van der Waals surface area contributed by atoms with E-state index in [0.717, 1.165) is 32.1 Å². The molecule has 0 fully saturated rings. The summed E-state index contributed by atoms with van der Waals surface area (Å²) in [7, 11) is 0. The molecule has 0 heterocycles. The zero-order chi connectivity index (χ0) is 50.0. The lowest BCUT2D eigenvalue weighted by atomic mass is 10.0. The molecule has 0 aromatic rings. The number of amides is 1. The van der Waals surface area contributed by atoms with E-state index in [-0.39, 0.29) is 6.61 Å². The quantitative estimate of drug-likeness (QED) is 0.0361. The van der Waals surface area contributed by atoms with E-state index in [2.05, 4.69) is 31.3 Å². The Hall–Kier alpha value is -0.910. The molecule has 0 aromatic carbocycles. The van der Waals surface area contributed by atoms with Crippen LogP contribution in [0.5, 0.6) is 0 Å². The highest BCUT2D eigenvalue weighted by atomic mass is 16.3. The lowest BCUT2D eigenvalue weighted by Crippen LogP contribution is -2.49. The Morgan fingerprint density at radius 3 is 0.797 bits per heavy atom. The van der Waals surface area contributed by atoms with Gasteiger partial charge in [0.1, 0.15) is 6.10 Å². The molecule has 4 N–H and O–H groups in total. The maximum atomic E-state index is 12.6. The molecule has 0 aromatic heterocycles. The Bertz CT molecular complexity index is 987. The molecule has 1 amide bonds. The first-order valence-electron chi connectivity index (χ1n) is 32.0. The van der Waals surface area contributed by atoms with Gasteiger partial charge in [-0.25, -0.2) is 0 Å². The highest BCUT2D eigenvalue weighted by Gasteiger charge is 2.23. The van der Waals surface area contributed by atoms with Crippen LogP contribution in [0.2, 0.25) is 0 Å². The van der Waals surface area contributed by atoms with Crippen LogP contribution in [-0.4, -0.2) is 46.1 Å². The van der Waals surface area contributed by atoms with Crippen LogP contribution in [-0.2, 0) is 4.79 Å². The molecule has 0 saturated heterocycles. The van der Waals surface area contributed by atoms with Crippen molar-refractivity contribution >= 4 is 5.91 Å². The number of hydrogen-bond donors (Lipinski definition) is 4. The van der Waals surface area contributed by atoms with Gasteiger partial charge in [-0.15, -0.1) is 0 Å². The molecule has 0 saturated carbocycles.